The standard InChI is InChI=1S/C8H9NO4/c1-12-7(10)4-2-5-6(3-4)13-8(11)9-5/h3,5-6H,2H2,1H3,(H,9,11). The zero-order valence-electron chi connectivity index (χ0n) is 7.07. The van der Waals surface area contributed by atoms with Gasteiger partial charge >= 0.3 is 12.1 Å². The lowest BCUT2D eigenvalue weighted by Gasteiger charge is -2.03. The maximum absolute atomic E-state index is 11.1. The van der Waals surface area contributed by atoms with Crippen LogP contribution in [0.2, 0.25) is 0 Å². The van der Waals surface area contributed by atoms with E-state index in [0.29, 0.717) is 12.0 Å². The van der Waals surface area contributed by atoms with Gasteiger partial charge in [0.15, 0.2) is 0 Å². The third kappa shape index (κ3) is 1.26. The van der Waals surface area contributed by atoms with Crippen molar-refractivity contribution in [2.45, 2.75) is 18.6 Å². The molecule has 1 amide bonds. The lowest BCUT2D eigenvalue weighted by molar-refractivity contribution is -0.136. The quantitative estimate of drug-likeness (QED) is 0.579. The van der Waals surface area contributed by atoms with Crippen LogP contribution in [0.25, 0.3) is 0 Å². The van der Waals surface area contributed by atoms with Crippen LogP contribution < -0.4 is 5.32 Å². The molecule has 2 rings (SSSR count). The van der Waals surface area contributed by atoms with Gasteiger partial charge in [0.05, 0.1) is 13.2 Å². The normalized spacial score (nSPS) is 30.2. The molecule has 0 spiro atoms. The smallest absolute Gasteiger partial charge is 0.408 e. The van der Waals surface area contributed by atoms with Crippen molar-refractivity contribution in [1.82, 2.24) is 5.32 Å². The summed E-state index contributed by atoms with van der Waals surface area (Å²) in [5, 5.41) is 2.60. The number of methoxy groups -OCH3 is 1. The molecule has 0 aromatic rings. The van der Waals surface area contributed by atoms with Crippen LogP contribution in [0.3, 0.4) is 0 Å². The first-order chi connectivity index (χ1) is 6.20. The van der Waals surface area contributed by atoms with Crippen LogP contribution in [0.15, 0.2) is 11.6 Å². The number of hydrogen-bond donors (Lipinski definition) is 1. The highest BCUT2D eigenvalue weighted by Crippen LogP contribution is 2.26. The second kappa shape index (κ2) is 2.76. The van der Waals surface area contributed by atoms with Gasteiger partial charge in [0, 0.05) is 12.0 Å². The van der Waals surface area contributed by atoms with Crippen molar-refractivity contribution in [3.63, 3.8) is 0 Å². The van der Waals surface area contributed by atoms with E-state index in [1.807, 2.05) is 0 Å². The van der Waals surface area contributed by atoms with E-state index in [1.165, 1.54) is 7.11 Å². The number of alkyl carbamates (subject to hydrolysis) is 1. The Balaban J connectivity index is 2.09. The molecule has 13 heavy (non-hydrogen) atoms. The fraction of sp³-hybridized carbons (Fsp3) is 0.500. The summed E-state index contributed by atoms with van der Waals surface area (Å²) in [6.07, 6.45) is 1.40. The van der Waals surface area contributed by atoms with E-state index in [4.69, 9.17) is 4.74 Å². The molecule has 1 fully saturated rings. The topological polar surface area (TPSA) is 64.6 Å². The Bertz CT molecular complexity index is 297. The summed E-state index contributed by atoms with van der Waals surface area (Å²) in [6.45, 7) is 0. The summed E-state index contributed by atoms with van der Waals surface area (Å²) in [5.74, 6) is -0.354. The molecule has 0 radical (unpaired) electrons. The lowest BCUT2D eigenvalue weighted by Crippen LogP contribution is -2.27. The van der Waals surface area contributed by atoms with E-state index < -0.39 is 6.09 Å². The van der Waals surface area contributed by atoms with Gasteiger partial charge in [-0.3, -0.25) is 0 Å². The number of ether oxygens (including phenoxy) is 2. The number of carbonyl (C=O) groups excluding carboxylic acids is 2. The highest BCUT2D eigenvalue weighted by Gasteiger charge is 2.39. The van der Waals surface area contributed by atoms with E-state index in [9.17, 15) is 9.59 Å². The number of fused-ring (bicyclic) bond motifs is 1. The van der Waals surface area contributed by atoms with Crippen molar-refractivity contribution < 1.29 is 19.1 Å². The molecule has 0 aromatic carbocycles. The number of hydrogen-bond acceptors (Lipinski definition) is 4. The number of esters is 1. The van der Waals surface area contributed by atoms with Crippen molar-refractivity contribution in [3.05, 3.63) is 11.6 Å². The number of rotatable bonds is 1. The Morgan fingerprint density at radius 3 is 3.15 bits per heavy atom. The molecule has 2 unspecified atom stereocenters. The lowest BCUT2D eigenvalue weighted by atomic mass is 10.2. The van der Waals surface area contributed by atoms with Gasteiger partial charge in [-0.25, -0.2) is 9.59 Å². The van der Waals surface area contributed by atoms with Crippen LogP contribution >= 0.6 is 0 Å². The van der Waals surface area contributed by atoms with Crippen molar-refractivity contribution in [1.29, 1.82) is 0 Å². The largest absolute Gasteiger partial charge is 0.466 e. The molecule has 1 heterocycles. The monoisotopic (exact) mass is 183 g/mol. The Labute approximate surface area is 74.7 Å². The van der Waals surface area contributed by atoms with E-state index >= 15 is 0 Å². The van der Waals surface area contributed by atoms with Crippen LogP contribution in [0, 0.1) is 0 Å². The van der Waals surface area contributed by atoms with Crippen LogP contribution in [-0.2, 0) is 14.3 Å². The van der Waals surface area contributed by atoms with Crippen molar-refractivity contribution in [3.8, 4) is 0 Å². The highest BCUT2D eigenvalue weighted by molar-refractivity contribution is 5.90. The van der Waals surface area contributed by atoms with Gasteiger partial charge in [0.1, 0.15) is 6.10 Å². The molecule has 1 saturated heterocycles. The summed E-state index contributed by atoms with van der Waals surface area (Å²) in [7, 11) is 1.33. The zero-order chi connectivity index (χ0) is 9.42. The summed E-state index contributed by atoms with van der Waals surface area (Å²) in [4.78, 5) is 21.8. The number of carbonyl (C=O) groups is 2. The predicted molar refractivity (Wildman–Crippen MR) is 41.9 cm³/mol. The third-order valence-electron chi connectivity index (χ3n) is 2.20. The van der Waals surface area contributed by atoms with Gasteiger partial charge in [0.2, 0.25) is 0 Å². The minimum Gasteiger partial charge on any atom is -0.466 e. The van der Waals surface area contributed by atoms with Crippen molar-refractivity contribution in [2.75, 3.05) is 7.11 Å². The Morgan fingerprint density at radius 1 is 1.77 bits per heavy atom. The predicted octanol–water partition coefficient (Wildman–Crippen LogP) is -0.0335. The minimum absolute atomic E-state index is 0.0957. The molecular weight excluding hydrogens is 174 g/mol. The molecule has 2 atom stereocenters. The van der Waals surface area contributed by atoms with Crippen LogP contribution in [-0.4, -0.2) is 31.3 Å². The first-order valence-corrected chi connectivity index (χ1v) is 3.97. The van der Waals surface area contributed by atoms with Crippen molar-refractivity contribution in [2.24, 2.45) is 0 Å². The van der Waals surface area contributed by atoms with Gasteiger partial charge in [-0.15, -0.1) is 0 Å². The molecule has 1 aliphatic carbocycles. The van der Waals surface area contributed by atoms with Gasteiger partial charge in [0.25, 0.3) is 0 Å². The summed E-state index contributed by atoms with van der Waals surface area (Å²) < 4.78 is 9.43. The third-order valence-corrected chi connectivity index (χ3v) is 2.20. The van der Waals surface area contributed by atoms with E-state index in [0.717, 1.165) is 0 Å². The van der Waals surface area contributed by atoms with Crippen LogP contribution in [0.1, 0.15) is 6.42 Å². The van der Waals surface area contributed by atoms with E-state index in [1.54, 1.807) is 6.08 Å². The molecule has 0 saturated carbocycles. The average molecular weight is 183 g/mol. The number of nitrogens with one attached hydrogen (secondary N) is 1. The SMILES string of the molecule is COC(=O)C1=CC2OC(=O)NC2C1. The summed E-state index contributed by atoms with van der Waals surface area (Å²) in [6, 6.07) is -0.0957. The molecule has 70 valence electrons. The van der Waals surface area contributed by atoms with Gasteiger partial charge in [-0.2, -0.15) is 0 Å². The van der Waals surface area contributed by atoms with Gasteiger partial charge in [-0.05, 0) is 6.08 Å². The summed E-state index contributed by atoms with van der Waals surface area (Å²) in [5.41, 5.74) is 0.567. The maximum Gasteiger partial charge on any atom is 0.408 e. The highest BCUT2D eigenvalue weighted by atomic mass is 16.6. The van der Waals surface area contributed by atoms with Crippen molar-refractivity contribution >= 4 is 12.1 Å². The van der Waals surface area contributed by atoms with E-state index in [-0.39, 0.29) is 18.1 Å². The fourth-order valence-electron chi connectivity index (χ4n) is 1.58. The molecule has 0 bridgehead atoms. The molecule has 2 aliphatic rings. The maximum atomic E-state index is 11.1. The molecule has 5 nitrogen and oxygen atoms in total. The molecular formula is C8H9NO4. The Hall–Kier alpha value is -1.52. The Morgan fingerprint density at radius 2 is 2.54 bits per heavy atom. The minimum atomic E-state index is -0.421. The molecule has 0 aromatic heterocycles. The molecule has 1 N–H and O–H groups in total. The molecule has 5 heteroatoms. The second-order valence-electron chi connectivity index (χ2n) is 3.01. The molecule has 1 aliphatic heterocycles. The second-order valence-corrected chi connectivity index (χ2v) is 3.01. The Kier molecular flexibility index (Phi) is 1.72. The summed E-state index contributed by atoms with van der Waals surface area (Å²) >= 11 is 0. The van der Waals surface area contributed by atoms with Crippen LogP contribution in [0.5, 0.6) is 0 Å². The number of amides is 1. The first kappa shape index (κ1) is 8.10. The fourth-order valence-corrected chi connectivity index (χ4v) is 1.58. The first-order valence-electron chi connectivity index (χ1n) is 3.97. The van der Waals surface area contributed by atoms with Gasteiger partial charge in [-0.1, -0.05) is 0 Å². The van der Waals surface area contributed by atoms with Crippen LogP contribution in [0.4, 0.5) is 4.79 Å². The van der Waals surface area contributed by atoms with E-state index in [2.05, 4.69) is 10.1 Å². The average Bonchev–Trinajstić information content (AvgIpc) is 2.59. The zero-order valence-corrected chi connectivity index (χ0v) is 7.07. The van der Waals surface area contributed by atoms with Gasteiger partial charge < -0.3 is 14.8 Å².